The van der Waals surface area contributed by atoms with Gasteiger partial charge in [0.2, 0.25) is 5.91 Å². The monoisotopic (exact) mass is 587 g/mol. The van der Waals surface area contributed by atoms with Crippen LogP contribution in [0.25, 0.3) is 16.6 Å². The van der Waals surface area contributed by atoms with Crippen LogP contribution in [0.1, 0.15) is 67.3 Å². The summed E-state index contributed by atoms with van der Waals surface area (Å²) in [6.45, 7) is 2.56. The average Bonchev–Trinajstić information content (AvgIpc) is 3.44. The molecule has 11 nitrogen and oxygen atoms in total. The van der Waals surface area contributed by atoms with Crippen molar-refractivity contribution in [2.75, 3.05) is 19.6 Å². The Morgan fingerprint density at radius 3 is 2.65 bits per heavy atom. The predicted molar refractivity (Wildman–Crippen MR) is 160 cm³/mol. The van der Waals surface area contributed by atoms with E-state index in [9.17, 15) is 19.2 Å². The summed E-state index contributed by atoms with van der Waals surface area (Å²) in [5.74, 6) is -1.74. The van der Waals surface area contributed by atoms with Crippen LogP contribution in [0.2, 0.25) is 0 Å². The molecule has 2 aliphatic rings. The van der Waals surface area contributed by atoms with Gasteiger partial charge >= 0.3 is 12.1 Å². The minimum absolute atomic E-state index is 0.155. The summed E-state index contributed by atoms with van der Waals surface area (Å²) >= 11 is 0. The third-order valence-electron chi connectivity index (χ3n) is 8.51. The molecule has 1 fully saturated rings. The lowest BCUT2D eigenvalue weighted by atomic mass is 9.78. The number of carboxylic acids is 1. The number of ether oxygens (including phenoxy) is 1. The van der Waals surface area contributed by atoms with Gasteiger partial charge in [0, 0.05) is 36.0 Å². The highest BCUT2D eigenvalue weighted by Gasteiger charge is 2.35. The lowest BCUT2D eigenvalue weighted by Crippen LogP contribution is -2.43. The lowest BCUT2D eigenvalue weighted by Gasteiger charge is -2.34. The van der Waals surface area contributed by atoms with E-state index in [0.717, 1.165) is 29.5 Å². The molecule has 3 atom stereocenters. The number of aliphatic carboxylic acids is 1. The summed E-state index contributed by atoms with van der Waals surface area (Å²) in [6.07, 6.45) is 8.82. The molecule has 3 amide bonds. The number of likely N-dealkylation sites (tertiary alicyclic amines) is 1. The molecule has 0 bridgehead atoms. The molecule has 0 radical (unpaired) electrons. The van der Waals surface area contributed by atoms with Gasteiger partial charge < -0.3 is 25.8 Å². The number of primary amides is 1. The molecular weight excluding hydrogens is 550 g/mol. The molecule has 1 unspecified atom stereocenters. The first-order valence-electron chi connectivity index (χ1n) is 14.6. The number of fused-ring (bicyclic) bond motifs is 1. The number of allylic oxidation sites excluding steroid dienone is 1. The Kier molecular flexibility index (Phi) is 8.79. The van der Waals surface area contributed by atoms with E-state index in [2.05, 4.69) is 10.4 Å². The van der Waals surface area contributed by atoms with Crippen LogP contribution in [0.4, 0.5) is 4.79 Å². The highest BCUT2D eigenvalue weighted by Crippen LogP contribution is 2.34. The molecule has 1 aliphatic heterocycles. The second-order valence-electron chi connectivity index (χ2n) is 11.6. The number of benzene rings is 2. The summed E-state index contributed by atoms with van der Waals surface area (Å²) in [7, 11) is 0. The molecule has 5 rings (SSSR count). The molecule has 1 saturated heterocycles. The molecule has 4 N–H and O–H groups in total. The van der Waals surface area contributed by atoms with Crippen molar-refractivity contribution in [3.8, 4) is 5.69 Å². The van der Waals surface area contributed by atoms with Crippen LogP contribution in [0.5, 0.6) is 0 Å². The minimum Gasteiger partial charge on any atom is -0.480 e. The van der Waals surface area contributed by atoms with Crippen LogP contribution in [0.3, 0.4) is 0 Å². The van der Waals surface area contributed by atoms with Crippen molar-refractivity contribution in [2.45, 2.75) is 57.5 Å². The number of piperidine rings is 1. The zero-order valence-electron chi connectivity index (χ0n) is 24.2. The lowest BCUT2D eigenvalue weighted by molar-refractivity contribution is -0.140. The molecule has 11 heteroatoms. The smallest absolute Gasteiger partial charge is 0.410 e. The highest BCUT2D eigenvalue weighted by atomic mass is 16.6. The van der Waals surface area contributed by atoms with Crippen LogP contribution in [-0.4, -0.2) is 69.4 Å². The van der Waals surface area contributed by atoms with E-state index in [0.29, 0.717) is 49.9 Å². The number of carbonyl (C=O) groups excluding carboxylic acids is 3. The Labute approximate surface area is 249 Å². The summed E-state index contributed by atoms with van der Waals surface area (Å²) in [5, 5.41) is 16.8. The number of hydrogen-bond donors (Lipinski definition) is 3. The third-order valence-corrected chi connectivity index (χ3v) is 8.51. The standard InChI is InChI=1S/C32H37N5O6/c1-32(30(41)34-18-27(38)39)15-3-2-8-25(14-16-32)43-31(42)36-17-5-7-22(19-36)21-10-12-24(13-11-21)37-20-23-6-4-9-26(29(33)40)28(23)35-37/h2,4,6,8-13,20,22,25H,3,5,7,14-19H2,1H3,(H2,33,40)(H,34,41)(H,38,39)/b8-2+/t22?,25-,32+/m0/s1. The van der Waals surface area contributed by atoms with E-state index >= 15 is 0 Å². The molecule has 226 valence electrons. The first-order valence-corrected chi connectivity index (χ1v) is 14.6. The average molecular weight is 588 g/mol. The van der Waals surface area contributed by atoms with Gasteiger partial charge in [-0.1, -0.05) is 37.3 Å². The molecular formula is C32H37N5O6. The van der Waals surface area contributed by atoms with E-state index in [1.54, 1.807) is 21.7 Å². The number of nitrogens with one attached hydrogen (secondary N) is 1. The summed E-state index contributed by atoms with van der Waals surface area (Å²) in [4.78, 5) is 50.3. The number of hydrogen-bond acceptors (Lipinski definition) is 6. The second kappa shape index (κ2) is 12.7. The molecule has 2 heterocycles. The fraction of sp³-hybridized carbons (Fsp3) is 0.406. The maximum atomic E-state index is 13.2. The Balaban J connectivity index is 1.20. The van der Waals surface area contributed by atoms with Crippen molar-refractivity contribution in [2.24, 2.45) is 11.1 Å². The van der Waals surface area contributed by atoms with Crippen LogP contribution in [-0.2, 0) is 14.3 Å². The number of rotatable bonds is 7. The maximum absolute atomic E-state index is 13.2. The minimum atomic E-state index is -1.09. The largest absolute Gasteiger partial charge is 0.480 e. The van der Waals surface area contributed by atoms with E-state index in [1.165, 1.54) is 0 Å². The molecule has 2 aromatic carbocycles. The SMILES string of the molecule is C[C@@]1(C(=O)NCC(=O)O)CC/C=C/[C@H](OC(=O)N2CCCC(c3ccc(-n4cc5cccc(C(N)=O)c5n4)cc3)C2)CC1. The second-order valence-corrected chi connectivity index (χ2v) is 11.6. The normalized spacial score (nSPS) is 23.1. The van der Waals surface area contributed by atoms with Crippen molar-refractivity contribution in [1.82, 2.24) is 20.0 Å². The van der Waals surface area contributed by atoms with Gasteiger partial charge in [-0.05, 0) is 68.4 Å². The number of nitrogens with zero attached hydrogens (tertiary/aromatic N) is 3. The number of nitrogens with two attached hydrogens (primary N) is 1. The molecule has 0 saturated carbocycles. The topological polar surface area (TPSA) is 157 Å². The van der Waals surface area contributed by atoms with Crippen molar-refractivity contribution < 1.29 is 29.0 Å². The number of carbonyl (C=O) groups is 4. The quantitative estimate of drug-likeness (QED) is 0.351. The van der Waals surface area contributed by atoms with Gasteiger partial charge in [0.05, 0.1) is 11.3 Å². The fourth-order valence-corrected chi connectivity index (χ4v) is 5.92. The predicted octanol–water partition coefficient (Wildman–Crippen LogP) is 4.15. The van der Waals surface area contributed by atoms with Gasteiger partial charge in [-0.2, -0.15) is 5.10 Å². The number of aromatic nitrogens is 2. The number of amides is 3. The summed E-state index contributed by atoms with van der Waals surface area (Å²) in [6, 6.07) is 13.4. The van der Waals surface area contributed by atoms with Gasteiger partial charge in [0.15, 0.2) is 0 Å². The Bertz CT molecular complexity index is 1550. The van der Waals surface area contributed by atoms with Crippen LogP contribution in [0.15, 0.2) is 60.8 Å². The van der Waals surface area contributed by atoms with Gasteiger partial charge in [-0.25, -0.2) is 9.48 Å². The van der Waals surface area contributed by atoms with Gasteiger partial charge in [-0.3, -0.25) is 14.4 Å². The summed E-state index contributed by atoms with van der Waals surface area (Å²) < 4.78 is 7.61. The zero-order chi connectivity index (χ0) is 30.6. The van der Waals surface area contributed by atoms with Crippen LogP contribution in [0, 0.1) is 5.41 Å². The summed E-state index contributed by atoms with van der Waals surface area (Å²) in [5.41, 5.74) is 7.68. The van der Waals surface area contributed by atoms with Gasteiger partial charge in [0.1, 0.15) is 18.2 Å². The Hall–Kier alpha value is -4.67. The molecule has 1 aromatic heterocycles. The van der Waals surface area contributed by atoms with Crippen molar-refractivity contribution in [3.63, 3.8) is 0 Å². The maximum Gasteiger partial charge on any atom is 0.410 e. The third kappa shape index (κ3) is 6.87. The van der Waals surface area contributed by atoms with E-state index < -0.39 is 29.9 Å². The molecule has 1 aliphatic carbocycles. The van der Waals surface area contributed by atoms with E-state index in [4.69, 9.17) is 15.6 Å². The molecule has 3 aromatic rings. The first kappa shape index (κ1) is 29.8. The number of carboxylic acid groups (broad SMARTS) is 1. The van der Waals surface area contributed by atoms with Crippen molar-refractivity contribution >= 4 is 34.8 Å². The highest BCUT2D eigenvalue weighted by molar-refractivity contribution is 6.04. The first-order chi connectivity index (χ1) is 20.6. The fourth-order valence-electron chi connectivity index (χ4n) is 5.92. The molecule has 43 heavy (non-hydrogen) atoms. The van der Waals surface area contributed by atoms with Crippen molar-refractivity contribution in [1.29, 1.82) is 0 Å². The van der Waals surface area contributed by atoms with E-state index in [1.807, 2.05) is 55.6 Å². The van der Waals surface area contributed by atoms with E-state index in [-0.39, 0.29) is 17.9 Å². The van der Waals surface area contributed by atoms with Gasteiger partial charge in [-0.15, -0.1) is 0 Å². The Morgan fingerprint density at radius 2 is 1.91 bits per heavy atom. The zero-order valence-corrected chi connectivity index (χ0v) is 24.2. The molecule has 0 spiro atoms. The van der Waals surface area contributed by atoms with Crippen LogP contribution < -0.4 is 11.1 Å². The van der Waals surface area contributed by atoms with Crippen molar-refractivity contribution in [3.05, 3.63) is 71.9 Å². The van der Waals surface area contributed by atoms with Gasteiger partial charge in [0.25, 0.3) is 5.91 Å². The Morgan fingerprint density at radius 1 is 1.12 bits per heavy atom. The van der Waals surface area contributed by atoms with Crippen LogP contribution >= 0.6 is 0 Å².